The number of fused-ring (bicyclic) bond motifs is 6. The first-order valence-electron chi connectivity index (χ1n) is 25.1. The summed E-state index contributed by atoms with van der Waals surface area (Å²) < 4.78 is 284. The molecule has 0 aromatic carbocycles. The quantitative estimate of drug-likeness (QED) is 0.0852. The minimum atomic E-state index is -5.89. The highest BCUT2D eigenvalue weighted by Gasteiger charge is 2.90. The van der Waals surface area contributed by atoms with E-state index in [1.807, 2.05) is 6.92 Å². The Balaban J connectivity index is 0.000000172. The molecule has 0 N–H and O–H groups in total. The molecule has 9 aliphatic rings. The molecule has 6 aliphatic carbocycles. The number of ether oxygens (including phenoxy) is 9. The average molecular weight is 1160 g/mol. The fraction of sp³-hybridized carbons (Fsp3) is 0.840. The molecule has 3 saturated carbocycles. The van der Waals surface area contributed by atoms with E-state index in [1.165, 1.54) is 0 Å². The number of halogens is 17. The van der Waals surface area contributed by atoms with Crippen LogP contribution >= 0.6 is 0 Å². The van der Waals surface area contributed by atoms with Gasteiger partial charge in [-0.2, -0.15) is 65.9 Å². The van der Waals surface area contributed by atoms with Crippen LogP contribution in [0.25, 0.3) is 0 Å². The molecule has 11 nitrogen and oxygen atoms in total. The number of rotatable bonds is 11. The lowest BCUT2D eigenvalue weighted by molar-refractivity contribution is -0.536. The molecule has 0 amide bonds. The second-order valence-electron chi connectivity index (χ2n) is 22.2. The van der Waals surface area contributed by atoms with E-state index in [4.69, 9.17) is 4.74 Å². The van der Waals surface area contributed by atoms with Gasteiger partial charge in [0.05, 0.1) is 6.61 Å². The summed E-state index contributed by atoms with van der Waals surface area (Å²) in [5, 5.41) is 0. The van der Waals surface area contributed by atoms with Gasteiger partial charge in [-0.05, 0) is 117 Å². The van der Waals surface area contributed by atoms with E-state index >= 15 is 17.6 Å². The van der Waals surface area contributed by atoms with Crippen LogP contribution in [0.15, 0.2) is 36.5 Å². The molecule has 6 fully saturated rings. The molecule has 0 aromatic rings. The van der Waals surface area contributed by atoms with E-state index in [1.54, 1.807) is 24.3 Å². The third kappa shape index (κ3) is 10.3. The predicted molar refractivity (Wildman–Crippen MR) is 233 cm³/mol. The molecule has 0 radical (unpaired) electrons. The van der Waals surface area contributed by atoms with Crippen molar-refractivity contribution in [2.24, 2.45) is 65.1 Å². The maximum absolute atomic E-state index is 15.5. The summed E-state index contributed by atoms with van der Waals surface area (Å²) in [7, 11) is 1.87. The summed E-state index contributed by atoms with van der Waals surface area (Å²) in [5.41, 5.74) is -8.16. The number of methoxy groups -OCH3 is 2. The zero-order valence-corrected chi connectivity index (χ0v) is 43.0. The van der Waals surface area contributed by atoms with Crippen molar-refractivity contribution in [3.63, 3.8) is 0 Å². The van der Waals surface area contributed by atoms with Crippen LogP contribution in [0.3, 0.4) is 0 Å². The Labute approximate surface area is 437 Å². The van der Waals surface area contributed by atoms with Crippen LogP contribution in [-0.2, 0) is 52.2 Å². The minimum absolute atomic E-state index is 0.00428. The molecule has 446 valence electrons. The molecule has 0 aromatic heterocycles. The Morgan fingerprint density at radius 2 is 1.05 bits per heavy atom. The van der Waals surface area contributed by atoms with Crippen molar-refractivity contribution in [3.05, 3.63) is 36.5 Å². The van der Waals surface area contributed by atoms with E-state index in [0.717, 1.165) is 34.0 Å². The number of allylic oxidation sites excluding steroid dienone is 6. The molecular weight excluding hydrogens is 1100 g/mol. The smallest absolute Gasteiger partial charge is 0.449 e. The first-order chi connectivity index (χ1) is 35.7. The van der Waals surface area contributed by atoms with Gasteiger partial charge in [0, 0.05) is 34.5 Å². The molecule has 78 heavy (non-hydrogen) atoms. The van der Waals surface area contributed by atoms with Crippen molar-refractivity contribution < 1.29 is 127 Å². The van der Waals surface area contributed by atoms with Gasteiger partial charge in [-0.3, -0.25) is 9.59 Å². The van der Waals surface area contributed by atoms with Gasteiger partial charge in [0.15, 0.2) is 0 Å². The Morgan fingerprint density at radius 1 is 0.577 bits per heavy atom. The third-order valence-corrected chi connectivity index (χ3v) is 17.3. The molecule has 0 spiro atoms. The highest BCUT2D eigenvalue weighted by atomic mass is 19.4. The number of hydrogen-bond acceptors (Lipinski definition) is 11. The largest absolute Gasteiger partial charge is 0.455 e. The molecule has 18 atom stereocenters. The zero-order valence-electron chi connectivity index (χ0n) is 43.0. The van der Waals surface area contributed by atoms with E-state index in [0.29, 0.717) is 37.5 Å². The summed E-state index contributed by atoms with van der Waals surface area (Å²) in [5.74, 6) is -31.7. The van der Waals surface area contributed by atoms with Crippen LogP contribution in [0.4, 0.5) is 74.6 Å². The van der Waals surface area contributed by atoms with Crippen molar-refractivity contribution in [1.29, 1.82) is 0 Å². The first-order valence-corrected chi connectivity index (χ1v) is 25.1. The number of alkyl halides is 17. The van der Waals surface area contributed by atoms with Crippen molar-refractivity contribution in [3.8, 4) is 0 Å². The summed E-state index contributed by atoms with van der Waals surface area (Å²) in [6.45, 7) is 1.25. The monoisotopic (exact) mass is 1160 g/mol. The molecule has 3 heterocycles. The third-order valence-electron chi connectivity index (χ3n) is 17.3. The standard InChI is InChI=1S/C18H23F7O5.C16H17F7O3.C16H21F3O3/c1-14(28-8-26-2)15(19,20)13(12-7-10-4-5-11(12)6-10)30-17(16(14,21)22,18(23,24)25)29-9-27-3;1-7(24)25-12-14(17,18)11(10-6-8-3-4-9(10)5-8)26-13(2,15(12,19)20)16(21,22)23;1-9-7-15(16(17,18)19,22-10(2)20)21-8-14(9)13-6-11-3-4-12(13)5-11/h4-5,10-13H,6-9H2,1-3H3;3-4,8-12H,5-6H2,1-2H3;3-4,9,11-14H,5-8H2,1-2H3. The first kappa shape index (κ1) is 62.3. The number of carbonyl (C=O) groups is 2. The van der Waals surface area contributed by atoms with Gasteiger partial charge in [-0.15, -0.1) is 0 Å². The fourth-order valence-electron chi connectivity index (χ4n) is 13.2. The van der Waals surface area contributed by atoms with Crippen LogP contribution in [0, 0.1) is 65.1 Å². The van der Waals surface area contributed by atoms with E-state index in [9.17, 15) is 66.7 Å². The average Bonchev–Trinajstić information content (AvgIpc) is 4.26. The molecule has 6 bridgehead atoms. The van der Waals surface area contributed by atoms with Crippen molar-refractivity contribution in [1.82, 2.24) is 0 Å². The molecule has 3 aliphatic heterocycles. The Kier molecular flexibility index (Phi) is 16.9. The highest BCUT2D eigenvalue weighted by Crippen LogP contribution is 2.65. The normalized spacial score (nSPS) is 43.2. The maximum atomic E-state index is 15.5. The van der Waals surface area contributed by atoms with Crippen LogP contribution < -0.4 is 0 Å². The molecule has 9 rings (SSSR count). The summed E-state index contributed by atoms with van der Waals surface area (Å²) in [4.78, 5) is 22.2. The number of esters is 2. The minimum Gasteiger partial charge on any atom is -0.449 e. The predicted octanol–water partition coefficient (Wildman–Crippen LogP) is 11.9. The summed E-state index contributed by atoms with van der Waals surface area (Å²) in [6.07, 6.45) is -10.8. The van der Waals surface area contributed by atoms with Crippen molar-refractivity contribution in [2.45, 2.75) is 163 Å². The molecule has 3 saturated heterocycles. The SMILES string of the molecule is CC(=O)OC1(C(F)(F)F)CC(C)C(C2CC3C=CC2C3)CO1.CC(=O)OC1C(F)(F)C(C2CC3C=CC2C3)OC(C)(C(F)(F)F)C1(F)F.COCOC1(C)C(F)(F)C(C2CC3C=CC2C3)OC(OCOC)(C(F)(F)F)C1(F)F. The van der Waals surface area contributed by atoms with Gasteiger partial charge in [-0.1, -0.05) is 43.4 Å². The molecular formula is C50H61F17O11. The zero-order chi connectivity index (χ0) is 58.4. The van der Waals surface area contributed by atoms with Gasteiger partial charge >= 0.3 is 65.7 Å². The lowest BCUT2D eigenvalue weighted by Crippen LogP contribution is -2.82. The van der Waals surface area contributed by atoms with Gasteiger partial charge in [0.25, 0.3) is 0 Å². The lowest BCUT2D eigenvalue weighted by Gasteiger charge is -2.58. The van der Waals surface area contributed by atoms with Crippen molar-refractivity contribution in [2.75, 3.05) is 34.4 Å². The topological polar surface area (TPSA) is 117 Å². The van der Waals surface area contributed by atoms with E-state index < -0.39 is 133 Å². The van der Waals surface area contributed by atoms with Crippen LogP contribution in [-0.4, -0.2) is 130 Å². The van der Waals surface area contributed by atoms with E-state index in [2.05, 4.69) is 50.0 Å². The summed E-state index contributed by atoms with van der Waals surface area (Å²) >= 11 is 0. The van der Waals surface area contributed by atoms with Gasteiger partial charge in [0.2, 0.25) is 17.3 Å². The van der Waals surface area contributed by atoms with Gasteiger partial charge in [-0.25, -0.2) is 8.78 Å². The lowest BCUT2D eigenvalue weighted by atomic mass is 9.72. The Hall–Kier alpha value is -3.31. The number of hydrogen-bond donors (Lipinski definition) is 0. The van der Waals surface area contributed by atoms with Crippen LogP contribution in [0.2, 0.25) is 0 Å². The molecule has 28 heteroatoms. The Morgan fingerprint density at radius 3 is 1.44 bits per heavy atom. The van der Waals surface area contributed by atoms with Gasteiger partial charge < -0.3 is 42.6 Å². The van der Waals surface area contributed by atoms with Crippen molar-refractivity contribution >= 4 is 11.9 Å². The number of carbonyl (C=O) groups excluding carboxylic acids is 2. The highest BCUT2D eigenvalue weighted by molar-refractivity contribution is 5.67. The second kappa shape index (κ2) is 21.1. The van der Waals surface area contributed by atoms with Crippen LogP contribution in [0.5, 0.6) is 0 Å². The van der Waals surface area contributed by atoms with Gasteiger partial charge in [0.1, 0.15) is 25.8 Å². The summed E-state index contributed by atoms with van der Waals surface area (Å²) in [6, 6.07) is 0. The second-order valence-corrected chi connectivity index (χ2v) is 22.2. The maximum Gasteiger partial charge on any atom is 0.455 e. The van der Waals surface area contributed by atoms with Crippen LogP contribution in [0.1, 0.15) is 79.6 Å². The Bertz CT molecular complexity index is 2270. The van der Waals surface area contributed by atoms with E-state index in [-0.39, 0.29) is 63.4 Å². The molecule has 18 unspecified atom stereocenters. The fourth-order valence-corrected chi connectivity index (χ4v) is 13.2.